The van der Waals surface area contributed by atoms with Gasteiger partial charge in [0.1, 0.15) is 5.75 Å². The zero-order valence-electron chi connectivity index (χ0n) is 11.0. The van der Waals surface area contributed by atoms with E-state index < -0.39 is 0 Å². The van der Waals surface area contributed by atoms with Crippen LogP contribution in [0, 0.1) is 5.92 Å². The summed E-state index contributed by atoms with van der Waals surface area (Å²) in [4.78, 5) is 13.2. The summed E-state index contributed by atoms with van der Waals surface area (Å²) in [5.74, 6) is 1.33. The SMILES string of the molecule is CC(CCN)Cc1ccc2c(c1)N(C)C(=O)CO2. The van der Waals surface area contributed by atoms with E-state index in [4.69, 9.17) is 10.5 Å². The van der Waals surface area contributed by atoms with Crippen molar-refractivity contribution in [1.29, 1.82) is 0 Å². The second-order valence-electron chi connectivity index (χ2n) is 4.93. The van der Waals surface area contributed by atoms with Crippen molar-refractivity contribution in [3.05, 3.63) is 23.8 Å². The van der Waals surface area contributed by atoms with Gasteiger partial charge in [-0.3, -0.25) is 4.79 Å². The molecule has 0 bridgehead atoms. The summed E-state index contributed by atoms with van der Waals surface area (Å²) in [5, 5.41) is 0. The molecule has 1 aromatic carbocycles. The second-order valence-corrected chi connectivity index (χ2v) is 4.93. The van der Waals surface area contributed by atoms with Gasteiger partial charge in [-0.25, -0.2) is 0 Å². The van der Waals surface area contributed by atoms with Crippen LogP contribution in [-0.4, -0.2) is 26.1 Å². The molecule has 1 aliphatic heterocycles. The molecule has 0 aromatic heterocycles. The van der Waals surface area contributed by atoms with E-state index >= 15 is 0 Å². The molecule has 0 fully saturated rings. The van der Waals surface area contributed by atoms with Gasteiger partial charge < -0.3 is 15.4 Å². The summed E-state index contributed by atoms with van der Waals surface area (Å²) < 4.78 is 5.40. The molecule has 1 aromatic rings. The molecule has 1 atom stereocenters. The van der Waals surface area contributed by atoms with Crippen LogP contribution in [-0.2, 0) is 11.2 Å². The number of hydrogen-bond acceptors (Lipinski definition) is 3. The Balaban J connectivity index is 2.18. The quantitative estimate of drug-likeness (QED) is 0.880. The van der Waals surface area contributed by atoms with E-state index in [2.05, 4.69) is 13.0 Å². The van der Waals surface area contributed by atoms with Crippen molar-refractivity contribution in [3.8, 4) is 5.75 Å². The molecule has 1 heterocycles. The van der Waals surface area contributed by atoms with Gasteiger partial charge in [0, 0.05) is 7.05 Å². The van der Waals surface area contributed by atoms with Gasteiger partial charge in [0.2, 0.25) is 0 Å². The first-order valence-corrected chi connectivity index (χ1v) is 6.34. The standard InChI is InChI=1S/C14H20N2O2/c1-10(5-6-15)7-11-3-4-13-12(8-11)16(2)14(17)9-18-13/h3-4,8,10H,5-7,9,15H2,1-2H3. The predicted molar refractivity (Wildman–Crippen MR) is 71.9 cm³/mol. The van der Waals surface area contributed by atoms with Crippen LogP contribution in [0.25, 0.3) is 0 Å². The Bertz CT molecular complexity index is 445. The predicted octanol–water partition coefficient (Wildman–Crippen LogP) is 1.57. The minimum absolute atomic E-state index is 0.00495. The van der Waals surface area contributed by atoms with Crippen LogP contribution in [0.15, 0.2) is 18.2 Å². The lowest BCUT2D eigenvalue weighted by molar-refractivity contribution is -0.120. The minimum Gasteiger partial charge on any atom is -0.482 e. The number of nitrogens with two attached hydrogens (primary N) is 1. The monoisotopic (exact) mass is 248 g/mol. The van der Waals surface area contributed by atoms with Crippen LogP contribution in [0.1, 0.15) is 18.9 Å². The third-order valence-corrected chi connectivity index (χ3v) is 3.35. The number of ether oxygens (including phenoxy) is 1. The van der Waals surface area contributed by atoms with Crippen molar-refractivity contribution in [2.24, 2.45) is 11.7 Å². The van der Waals surface area contributed by atoms with Gasteiger partial charge in [0.05, 0.1) is 5.69 Å². The minimum atomic E-state index is -0.00495. The highest BCUT2D eigenvalue weighted by atomic mass is 16.5. The van der Waals surface area contributed by atoms with E-state index in [0.717, 1.165) is 24.3 Å². The molecular weight excluding hydrogens is 228 g/mol. The number of carbonyl (C=O) groups excluding carboxylic acids is 1. The molecule has 4 nitrogen and oxygen atoms in total. The van der Waals surface area contributed by atoms with Crippen LogP contribution in [0.2, 0.25) is 0 Å². The summed E-state index contributed by atoms with van der Waals surface area (Å²) in [7, 11) is 1.79. The van der Waals surface area contributed by atoms with E-state index in [-0.39, 0.29) is 12.5 Å². The largest absolute Gasteiger partial charge is 0.482 e. The summed E-state index contributed by atoms with van der Waals surface area (Å²) in [6.45, 7) is 3.04. The van der Waals surface area contributed by atoms with E-state index in [9.17, 15) is 4.79 Å². The highest BCUT2D eigenvalue weighted by Crippen LogP contribution is 2.32. The molecule has 2 rings (SSSR count). The normalized spacial score (nSPS) is 16.2. The van der Waals surface area contributed by atoms with Crippen molar-refractivity contribution in [3.63, 3.8) is 0 Å². The number of carbonyl (C=O) groups is 1. The third-order valence-electron chi connectivity index (χ3n) is 3.35. The van der Waals surface area contributed by atoms with Crippen LogP contribution in [0.4, 0.5) is 5.69 Å². The molecule has 0 spiro atoms. The maximum absolute atomic E-state index is 11.6. The Labute approximate surface area is 108 Å². The maximum atomic E-state index is 11.6. The van der Waals surface area contributed by atoms with E-state index in [1.807, 2.05) is 12.1 Å². The van der Waals surface area contributed by atoms with Crippen molar-refractivity contribution in [2.45, 2.75) is 19.8 Å². The molecule has 1 amide bonds. The van der Waals surface area contributed by atoms with Crippen LogP contribution >= 0.6 is 0 Å². The van der Waals surface area contributed by atoms with Gasteiger partial charge in [-0.2, -0.15) is 0 Å². The van der Waals surface area contributed by atoms with E-state index in [1.165, 1.54) is 5.56 Å². The van der Waals surface area contributed by atoms with Gasteiger partial charge in [-0.1, -0.05) is 13.0 Å². The van der Waals surface area contributed by atoms with Crippen molar-refractivity contribution < 1.29 is 9.53 Å². The Morgan fingerprint density at radius 2 is 2.28 bits per heavy atom. The molecule has 0 aliphatic carbocycles. The van der Waals surface area contributed by atoms with Crippen LogP contribution in [0.3, 0.4) is 0 Å². The number of hydrogen-bond donors (Lipinski definition) is 1. The Morgan fingerprint density at radius 3 is 3.00 bits per heavy atom. The molecule has 0 saturated heterocycles. The van der Waals surface area contributed by atoms with Crippen molar-refractivity contribution >= 4 is 11.6 Å². The first-order valence-electron chi connectivity index (χ1n) is 6.34. The molecule has 2 N–H and O–H groups in total. The molecule has 0 radical (unpaired) electrons. The highest BCUT2D eigenvalue weighted by molar-refractivity contribution is 5.97. The fourth-order valence-electron chi connectivity index (χ4n) is 2.23. The zero-order chi connectivity index (χ0) is 13.1. The number of rotatable bonds is 4. The Kier molecular flexibility index (Phi) is 3.87. The molecule has 4 heteroatoms. The number of fused-ring (bicyclic) bond motifs is 1. The average Bonchev–Trinajstić information content (AvgIpc) is 2.35. The topological polar surface area (TPSA) is 55.6 Å². The number of benzene rings is 1. The molecule has 18 heavy (non-hydrogen) atoms. The van der Waals surface area contributed by atoms with Gasteiger partial charge in [-0.15, -0.1) is 0 Å². The van der Waals surface area contributed by atoms with Crippen LogP contribution < -0.4 is 15.4 Å². The lowest BCUT2D eigenvalue weighted by Crippen LogP contribution is -2.35. The number of likely N-dealkylation sites (N-methyl/N-ethyl adjacent to an activating group) is 1. The lowest BCUT2D eigenvalue weighted by atomic mass is 9.97. The zero-order valence-corrected chi connectivity index (χ0v) is 11.0. The first kappa shape index (κ1) is 12.9. The first-order chi connectivity index (χ1) is 8.61. The summed E-state index contributed by atoms with van der Waals surface area (Å²) in [6, 6.07) is 6.05. The smallest absolute Gasteiger partial charge is 0.264 e. The lowest BCUT2D eigenvalue weighted by Gasteiger charge is -2.26. The van der Waals surface area contributed by atoms with E-state index in [0.29, 0.717) is 12.5 Å². The molecular formula is C14H20N2O2. The fraction of sp³-hybridized carbons (Fsp3) is 0.500. The summed E-state index contributed by atoms with van der Waals surface area (Å²) in [6.07, 6.45) is 1.99. The Morgan fingerprint density at radius 1 is 1.50 bits per heavy atom. The Hall–Kier alpha value is -1.55. The van der Waals surface area contributed by atoms with Crippen molar-refractivity contribution in [2.75, 3.05) is 25.1 Å². The van der Waals surface area contributed by atoms with Gasteiger partial charge in [0.15, 0.2) is 6.61 Å². The molecule has 1 aliphatic rings. The van der Waals surface area contributed by atoms with Gasteiger partial charge in [0.25, 0.3) is 5.91 Å². The van der Waals surface area contributed by atoms with E-state index in [1.54, 1.807) is 11.9 Å². The molecule has 98 valence electrons. The number of nitrogens with zero attached hydrogens (tertiary/aromatic N) is 1. The van der Waals surface area contributed by atoms with Gasteiger partial charge in [-0.05, 0) is 43.0 Å². The third kappa shape index (κ3) is 2.64. The highest BCUT2D eigenvalue weighted by Gasteiger charge is 2.22. The molecule has 0 saturated carbocycles. The summed E-state index contributed by atoms with van der Waals surface area (Å²) >= 11 is 0. The molecule has 1 unspecified atom stereocenters. The van der Waals surface area contributed by atoms with Gasteiger partial charge >= 0.3 is 0 Å². The summed E-state index contributed by atoms with van der Waals surface area (Å²) in [5.41, 5.74) is 7.65. The fourth-order valence-corrected chi connectivity index (χ4v) is 2.23. The number of amides is 1. The second kappa shape index (κ2) is 5.40. The van der Waals surface area contributed by atoms with Crippen molar-refractivity contribution in [1.82, 2.24) is 0 Å². The van der Waals surface area contributed by atoms with Crippen LogP contribution in [0.5, 0.6) is 5.75 Å². The average molecular weight is 248 g/mol. The number of anilines is 1. The maximum Gasteiger partial charge on any atom is 0.264 e.